The number of ether oxygens (including phenoxy) is 3. The zero-order valence-corrected chi connectivity index (χ0v) is 14.9. The molecule has 2 aromatic carbocycles. The predicted octanol–water partition coefficient (Wildman–Crippen LogP) is 3.99. The Balaban J connectivity index is 1.88. The van der Waals surface area contributed by atoms with Gasteiger partial charge < -0.3 is 14.2 Å². The average Bonchev–Trinajstić information content (AvgIpc) is 3.02. The lowest BCUT2D eigenvalue weighted by atomic mass is 10.1. The molecule has 26 heavy (non-hydrogen) atoms. The first-order chi connectivity index (χ1) is 12.6. The smallest absolute Gasteiger partial charge is 0.363 e. The molecule has 0 aliphatic carbocycles. The van der Waals surface area contributed by atoms with Gasteiger partial charge in [-0.2, -0.15) is 0 Å². The molecule has 132 valence electrons. The Morgan fingerprint density at radius 3 is 2.46 bits per heavy atom. The number of rotatable bonds is 5. The fourth-order valence-electron chi connectivity index (χ4n) is 2.57. The molecule has 0 unspecified atom stereocenters. The zero-order chi connectivity index (χ0) is 18.5. The molecule has 0 aromatic heterocycles. The van der Waals surface area contributed by atoms with E-state index in [1.807, 2.05) is 43.3 Å². The van der Waals surface area contributed by atoms with Gasteiger partial charge in [-0.1, -0.05) is 36.4 Å². The number of allylic oxidation sites excluding steroid dienone is 2. The molecule has 5 nitrogen and oxygen atoms in total. The number of nitrogens with zero attached hydrogens (tertiary/aromatic N) is 1. The summed E-state index contributed by atoms with van der Waals surface area (Å²) < 4.78 is 15.8. The molecule has 0 amide bonds. The Kier molecular flexibility index (Phi) is 5.17. The van der Waals surface area contributed by atoms with Crippen molar-refractivity contribution in [2.24, 2.45) is 4.99 Å². The summed E-state index contributed by atoms with van der Waals surface area (Å²) >= 11 is 0. The molecule has 0 fully saturated rings. The maximum atomic E-state index is 12.1. The van der Waals surface area contributed by atoms with Crippen molar-refractivity contribution in [3.8, 4) is 11.5 Å². The molecule has 3 rings (SSSR count). The fourth-order valence-corrected chi connectivity index (χ4v) is 2.57. The zero-order valence-electron chi connectivity index (χ0n) is 14.9. The molecule has 1 heterocycles. The van der Waals surface area contributed by atoms with Crippen LogP contribution in [0.25, 0.3) is 6.08 Å². The average molecular weight is 349 g/mol. The number of hydrogen-bond acceptors (Lipinski definition) is 5. The summed E-state index contributed by atoms with van der Waals surface area (Å²) in [6.45, 7) is 1.91. The third kappa shape index (κ3) is 3.83. The van der Waals surface area contributed by atoms with Gasteiger partial charge in [0.05, 0.1) is 14.2 Å². The van der Waals surface area contributed by atoms with Crippen molar-refractivity contribution in [3.63, 3.8) is 0 Å². The van der Waals surface area contributed by atoms with Crippen molar-refractivity contribution in [1.82, 2.24) is 0 Å². The standard InChI is InChI=1S/C21H19NO4/c1-14(11-15-7-5-4-6-8-15)12-17-21(23)26-20(22-17)16-9-10-18(24-2)19(13-16)25-3/h4-13H,1-3H3. The van der Waals surface area contributed by atoms with Gasteiger partial charge in [0.2, 0.25) is 5.90 Å². The second kappa shape index (κ2) is 7.70. The van der Waals surface area contributed by atoms with Crippen molar-refractivity contribution in [2.75, 3.05) is 14.2 Å². The summed E-state index contributed by atoms with van der Waals surface area (Å²) in [7, 11) is 3.11. The quantitative estimate of drug-likeness (QED) is 0.605. The predicted molar refractivity (Wildman–Crippen MR) is 100 cm³/mol. The van der Waals surface area contributed by atoms with E-state index >= 15 is 0 Å². The number of aliphatic imine (C=N–C) groups is 1. The summed E-state index contributed by atoms with van der Waals surface area (Å²) in [5, 5.41) is 0. The lowest BCUT2D eigenvalue weighted by Gasteiger charge is -2.08. The van der Waals surface area contributed by atoms with Crippen LogP contribution in [0.5, 0.6) is 11.5 Å². The molecule has 0 radical (unpaired) electrons. The van der Waals surface area contributed by atoms with Gasteiger partial charge in [-0.3, -0.25) is 0 Å². The van der Waals surface area contributed by atoms with Crippen LogP contribution >= 0.6 is 0 Å². The highest BCUT2D eigenvalue weighted by molar-refractivity contribution is 6.11. The van der Waals surface area contributed by atoms with Gasteiger partial charge in [-0.15, -0.1) is 0 Å². The largest absolute Gasteiger partial charge is 0.493 e. The molecule has 0 N–H and O–H groups in total. The molecular formula is C21H19NO4. The van der Waals surface area contributed by atoms with E-state index in [1.54, 1.807) is 38.5 Å². The third-order valence-electron chi connectivity index (χ3n) is 3.81. The van der Waals surface area contributed by atoms with Crippen LogP contribution in [0.2, 0.25) is 0 Å². The molecule has 5 heteroatoms. The van der Waals surface area contributed by atoms with E-state index in [1.165, 1.54) is 0 Å². The van der Waals surface area contributed by atoms with Gasteiger partial charge in [0.15, 0.2) is 17.2 Å². The van der Waals surface area contributed by atoms with E-state index in [2.05, 4.69) is 4.99 Å². The summed E-state index contributed by atoms with van der Waals surface area (Å²) in [5.41, 5.74) is 2.86. The van der Waals surface area contributed by atoms with E-state index < -0.39 is 5.97 Å². The fraction of sp³-hybridized carbons (Fsp3) is 0.143. The summed E-state index contributed by atoms with van der Waals surface area (Å²) in [6.07, 6.45) is 3.69. The number of esters is 1. The minimum atomic E-state index is -0.476. The van der Waals surface area contributed by atoms with Crippen LogP contribution in [-0.2, 0) is 9.53 Å². The van der Waals surface area contributed by atoms with Crippen LogP contribution in [0.1, 0.15) is 18.1 Å². The van der Waals surface area contributed by atoms with E-state index in [-0.39, 0.29) is 11.6 Å². The molecule has 2 aromatic rings. The molecule has 0 bridgehead atoms. The summed E-state index contributed by atoms with van der Waals surface area (Å²) in [5.74, 6) is 0.908. The third-order valence-corrected chi connectivity index (χ3v) is 3.81. The second-order valence-electron chi connectivity index (χ2n) is 5.70. The molecular weight excluding hydrogens is 330 g/mol. The number of carbonyl (C=O) groups excluding carboxylic acids is 1. The topological polar surface area (TPSA) is 57.1 Å². The Bertz CT molecular complexity index is 911. The van der Waals surface area contributed by atoms with Gasteiger partial charge >= 0.3 is 5.97 Å². The maximum Gasteiger partial charge on any atom is 0.363 e. The van der Waals surface area contributed by atoms with E-state index in [0.29, 0.717) is 17.1 Å². The lowest BCUT2D eigenvalue weighted by Crippen LogP contribution is -2.06. The van der Waals surface area contributed by atoms with Crippen molar-refractivity contribution in [1.29, 1.82) is 0 Å². The van der Waals surface area contributed by atoms with Crippen molar-refractivity contribution in [3.05, 3.63) is 77.0 Å². The SMILES string of the molecule is COc1ccc(C2=NC(=CC(C)=Cc3ccccc3)C(=O)O2)cc1OC. The van der Waals surface area contributed by atoms with Crippen molar-refractivity contribution < 1.29 is 19.0 Å². The molecule has 0 spiro atoms. The Hall–Kier alpha value is -3.34. The van der Waals surface area contributed by atoms with Crippen LogP contribution in [0.3, 0.4) is 0 Å². The first kappa shape index (κ1) is 17.5. The van der Waals surface area contributed by atoms with Crippen LogP contribution in [-0.4, -0.2) is 26.1 Å². The van der Waals surface area contributed by atoms with Crippen LogP contribution in [0.15, 0.2) is 70.9 Å². The number of carbonyl (C=O) groups is 1. The normalized spacial score (nSPS) is 15.7. The van der Waals surface area contributed by atoms with Gasteiger partial charge in [-0.25, -0.2) is 9.79 Å². The highest BCUT2D eigenvalue weighted by Crippen LogP contribution is 2.29. The van der Waals surface area contributed by atoms with Gasteiger partial charge in [0.1, 0.15) is 0 Å². The highest BCUT2D eigenvalue weighted by Gasteiger charge is 2.24. The molecule has 0 atom stereocenters. The summed E-state index contributed by atoms with van der Waals surface area (Å²) in [4.78, 5) is 16.5. The van der Waals surface area contributed by atoms with E-state index in [9.17, 15) is 4.79 Å². The number of cyclic esters (lactones) is 1. The first-order valence-corrected chi connectivity index (χ1v) is 8.09. The molecule has 0 saturated heterocycles. The number of methoxy groups -OCH3 is 2. The van der Waals surface area contributed by atoms with Crippen molar-refractivity contribution in [2.45, 2.75) is 6.92 Å². The highest BCUT2D eigenvalue weighted by atomic mass is 16.6. The minimum Gasteiger partial charge on any atom is -0.493 e. The van der Waals surface area contributed by atoms with E-state index in [4.69, 9.17) is 14.2 Å². The van der Waals surface area contributed by atoms with Crippen molar-refractivity contribution >= 4 is 17.9 Å². The number of hydrogen-bond donors (Lipinski definition) is 0. The van der Waals surface area contributed by atoms with Gasteiger partial charge in [0, 0.05) is 5.56 Å². The summed E-state index contributed by atoms with van der Waals surface area (Å²) in [6, 6.07) is 15.1. The van der Waals surface area contributed by atoms with Crippen LogP contribution in [0.4, 0.5) is 0 Å². The molecule has 1 aliphatic heterocycles. The maximum absolute atomic E-state index is 12.1. The number of benzene rings is 2. The van der Waals surface area contributed by atoms with E-state index in [0.717, 1.165) is 11.1 Å². The lowest BCUT2D eigenvalue weighted by molar-refractivity contribution is -0.130. The van der Waals surface area contributed by atoms with Crippen LogP contribution < -0.4 is 9.47 Å². The Labute approximate surface area is 152 Å². The minimum absolute atomic E-state index is 0.245. The Morgan fingerprint density at radius 2 is 1.77 bits per heavy atom. The van der Waals surface area contributed by atoms with Gasteiger partial charge in [0.25, 0.3) is 0 Å². The molecule has 0 saturated carbocycles. The second-order valence-corrected chi connectivity index (χ2v) is 5.70. The monoisotopic (exact) mass is 349 g/mol. The first-order valence-electron chi connectivity index (χ1n) is 8.09. The Morgan fingerprint density at radius 1 is 1.04 bits per heavy atom. The van der Waals surface area contributed by atoms with Gasteiger partial charge in [-0.05, 0) is 42.3 Å². The van der Waals surface area contributed by atoms with Crippen LogP contribution in [0, 0.1) is 0 Å². The molecule has 1 aliphatic rings.